The first kappa shape index (κ1) is 13.0. The standard InChI is InChI=1S/C11H20N2O3/c1-8(16-3)11(15)13-6-4-5-10(7-13)12-9(2)14/h8,10H,4-7H2,1-3H3,(H,12,14). The largest absolute Gasteiger partial charge is 0.372 e. The molecule has 16 heavy (non-hydrogen) atoms. The minimum atomic E-state index is -0.406. The van der Waals surface area contributed by atoms with Gasteiger partial charge in [-0.2, -0.15) is 0 Å². The zero-order valence-electron chi connectivity index (χ0n) is 10.2. The molecule has 1 heterocycles. The summed E-state index contributed by atoms with van der Waals surface area (Å²) in [7, 11) is 1.53. The molecule has 5 heteroatoms. The van der Waals surface area contributed by atoms with Crippen molar-refractivity contribution in [3.63, 3.8) is 0 Å². The third-order valence-electron chi connectivity index (χ3n) is 2.84. The lowest BCUT2D eigenvalue weighted by Crippen LogP contribution is -2.51. The van der Waals surface area contributed by atoms with Crippen LogP contribution in [-0.4, -0.2) is 49.1 Å². The molecule has 1 N–H and O–H groups in total. The highest BCUT2D eigenvalue weighted by Crippen LogP contribution is 2.12. The molecule has 0 spiro atoms. The molecule has 0 aliphatic carbocycles. The van der Waals surface area contributed by atoms with E-state index in [0.717, 1.165) is 19.4 Å². The molecular weight excluding hydrogens is 208 g/mol. The fourth-order valence-electron chi connectivity index (χ4n) is 1.94. The van der Waals surface area contributed by atoms with Gasteiger partial charge in [-0.25, -0.2) is 0 Å². The normalized spacial score (nSPS) is 22.7. The first-order valence-corrected chi connectivity index (χ1v) is 5.63. The Labute approximate surface area is 96.1 Å². The predicted molar refractivity (Wildman–Crippen MR) is 59.9 cm³/mol. The second-order valence-corrected chi connectivity index (χ2v) is 4.20. The van der Waals surface area contributed by atoms with E-state index in [1.54, 1.807) is 11.8 Å². The fourth-order valence-corrected chi connectivity index (χ4v) is 1.94. The summed E-state index contributed by atoms with van der Waals surface area (Å²) >= 11 is 0. The van der Waals surface area contributed by atoms with Crippen LogP contribution in [0.1, 0.15) is 26.7 Å². The van der Waals surface area contributed by atoms with Gasteiger partial charge in [-0.15, -0.1) is 0 Å². The molecule has 2 atom stereocenters. The van der Waals surface area contributed by atoms with Gasteiger partial charge in [0.05, 0.1) is 0 Å². The minimum Gasteiger partial charge on any atom is -0.372 e. The number of methoxy groups -OCH3 is 1. The number of hydrogen-bond donors (Lipinski definition) is 1. The van der Waals surface area contributed by atoms with E-state index < -0.39 is 6.10 Å². The zero-order chi connectivity index (χ0) is 12.1. The second kappa shape index (κ2) is 5.84. The third-order valence-corrected chi connectivity index (χ3v) is 2.84. The fraction of sp³-hybridized carbons (Fsp3) is 0.818. The van der Waals surface area contributed by atoms with Gasteiger partial charge in [-0.05, 0) is 19.8 Å². The molecule has 1 saturated heterocycles. The Hall–Kier alpha value is -1.10. The summed E-state index contributed by atoms with van der Waals surface area (Å²) in [5.41, 5.74) is 0. The summed E-state index contributed by atoms with van der Waals surface area (Å²) in [6.45, 7) is 4.58. The van der Waals surface area contributed by atoms with Crippen molar-refractivity contribution in [1.29, 1.82) is 0 Å². The number of rotatable bonds is 3. The van der Waals surface area contributed by atoms with E-state index in [1.165, 1.54) is 14.0 Å². The number of ether oxygens (including phenoxy) is 1. The molecule has 1 aliphatic rings. The molecule has 5 nitrogen and oxygen atoms in total. The van der Waals surface area contributed by atoms with E-state index in [9.17, 15) is 9.59 Å². The van der Waals surface area contributed by atoms with Crippen LogP contribution >= 0.6 is 0 Å². The highest BCUT2D eigenvalue weighted by atomic mass is 16.5. The molecule has 1 aliphatic heterocycles. The molecule has 2 unspecified atom stereocenters. The molecule has 0 radical (unpaired) electrons. The van der Waals surface area contributed by atoms with Crippen molar-refractivity contribution in [2.75, 3.05) is 20.2 Å². The van der Waals surface area contributed by atoms with Crippen molar-refractivity contribution in [3.05, 3.63) is 0 Å². The second-order valence-electron chi connectivity index (χ2n) is 4.20. The number of hydrogen-bond acceptors (Lipinski definition) is 3. The van der Waals surface area contributed by atoms with E-state index >= 15 is 0 Å². The van der Waals surface area contributed by atoms with Crippen LogP contribution < -0.4 is 5.32 Å². The number of carbonyl (C=O) groups excluding carboxylic acids is 2. The minimum absolute atomic E-state index is 0.00227. The molecule has 0 aromatic heterocycles. The van der Waals surface area contributed by atoms with Crippen LogP contribution in [0.25, 0.3) is 0 Å². The molecule has 0 aromatic rings. The molecule has 1 rings (SSSR count). The van der Waals surface area contributed by atoms with E-state index in [0.29, 0.717) is 6.54 Å². The van der Waals surface area contributed by atoms with E-state index in [1.807, 2.05) is 0 Å². The Bertz CT molecular complexity index is 268. The highest BCUT2D eigenvalue weighted by molar-refractivity contribution is 5.80. The quantitative estimate of drug-likeness (QED) is 0.748. The number of likely N-dealkylation sites (tertiary alicyclic amines) is 1. The van der Waals surface area contributed by atoms with Gasteiger partial charge in [-0.1, -0.05) is 0 Å². The van der Waals surface area contributed by atoms with Crippen molar-refractivity contribution in [2.24, 2.45) is 0 Å². The maximum atomic E-state index is 11.8. The smallest absolute Gasteiger partial charge is 0.251 e. The molecule has 92 valence electrons. The number of carbonyl (C=O) groups is 2. The van der Waals surface area contributed by atoms with Crippen molar-refractivity contribution >= 4 is 11.8 Å². The average molecular weight is 228 g/mol. The summed E-state index contributed by atoms with van der Waals surface area (Å²) in [5, 5.41) is 2.85. The molecule has 0 aromatic carbocycles. The van der Waals surface area contributed by atoms with Gasteiger partial charge in [0.2, 0.25) is 5.91 Å². The number of piperidine rings is 1. The van der Waals surface area contributed by atoms with Crippen molar-refractivity contribution < 1.29 is 14.3 Å². The van der Waals surface area contributed by atoms with Gasteiger partial charge in [0.15, 0.2) is 0 Å². The van der Waals surface area contributed by atoms with Crippen LogP contribution in [0.3, 0.4) is 0 Å². The van der Waals surface area contributed by atoms with Gasteiger partial charge in [0.1, 0.15) is 6.10 Å². The van der Waals surface area contributed by atoms with Crippen molar-refractivity contribution in [1.82, 2.24) is 10.2 Å². The number of amides is 2. The summed E-state index contributed by atoms with van der Waals surface area (Å²) in [4.78, 5) is 24.6. The van der Waals surface area contributed by atoms with E-state index in [4.69, 9.17) is 4.74 Å². The zero-order valence-corrected chi connectivity index (χ0v) is 10.2. The monoisotopic (exact) mass is 228 g/mol. The van der Waals surface area contributed by atoms with Crippen LogP contribution in [0, 0.1) is 0 Å². The first-order chi connectivity index (χ1) is 7.54. The molecule has 1 fully saturated rings. The highest BCUT2D eigenvalue weighted by Gasteiger charge is 2.26. The Morgan fingerprint density at radius 3 is 2.75 bits per heavy atom. The number of nitrogens with zero attached hydrogens (tertiary/aromatic N) is 1. The van der Waals surface area contributed by atoms with Crippen molar-refractivity contribution in [2.45, 2.75) is 38.8 Å². The maximum absolute atomic E-state index is 11.8. The van der Waals surface area contributed by atoms with Crippen LogP contribution in [0.5, 0.6) is 0 Å². The van der Waals surface area contributed by atoms with Gasteiger partial charge in [0.25, 0.3) is 5.91 Å². The predicted octanol–water partition coefficient (Wildman–Crippen LogP) is 0.148. The molecule has 0 saturated carbocycles. The van der Waals surface area contributed by atoms with Gasteiger partial charge in [0, 0.05) is 33.2 Å². The third kappa shape index (κ3) is 3.48. The Balaban J connectivity index is 2.49. The summed E-state index contributed by atoms with van der Waals surface area (Å²) in [6, 6.07) is 0.0826. The van der Waals surface area contributed by atoms with Gasteiger partial charge >= 0.3 is 0 Å². The van der Waals surface area contributed by atoms with Gasteiger partial charge < -0.3 is 15.0 Å². The van der Waals surface area contributed by atoms with E-state index in [-0.39, 0.29) is 17.9 Å². The van der Waals surface area contributed by atoms with E-state index in [2.05, 4.69) is 5.32 Å². The molecular formula is C11H20N2O3. The average Bonchev–Trinajstić information content (AvgIpc) is 2.26. The lowest BCUT2D eigenvalue weighted by atomic mass is 10.1. The Kier molecular flexibility index (Phi) is 4.73. The van der Waals surface area contributed by atoms with Crippen LogP contribution in [0.2, 0.25) is 0 Å². The Morgan fingerprint density at radius 2 is 2.19 bits per heavy atom. The Morgan fingerprint density at radius 1 is 1.50 bits per heavy atom. The summed E-state index contributed by atoms with van der Waals surface area (Å²) in [5.74, 6) is -0.0448. The van der Waals surface area contributed by atoms with Crippen LogP contribution in [-0.2, 0) is 14.3 Å². The van der Waals surface area contributed by atoms with Crippen molar-refractivity contribution in [3.8, 4) is 0 Å². The molecule has 0 bridgehead atoms. The van der Waals surface area contributed by atoms with Crippen LogP contribution in [0.15, 0.2) is 0 Å². The lowest BCUT2D eigenvalue weighted by Gasteiger charge is -2.34. The molecule has 2 amide bonds. The SMILES string of the molecule is COC(C)C(=O)N1CCCC(NC(C)=O)C1. The van der Waals surface area contributed by atoms with Gasteiger partial charge in [-0.3, -0.25) is 9.59 Å². The maximum Gasteiger partial charge on any atom is 0.251 e. The number of nitrogens with one attached hydrogen (secondary N) is 1. The first-order valence-electron chi connectivity index (χ1n) is 5.63. The summed E-state index contributed by atoms with van der Waals surface area (Å²) in [6.07, 6.45) is 1.45. The van der Waals surface area contributed by atoms with Crippen LogP contribution in [0.4, 0.5) is 0 Å². The summed E-state index contributed by atoms with van der Waals surface area (Å²) < 4.78 is 5.00. The lowest BCUT2D eigenvalue weighted by molar-refractivity contribution is -0.142. The topological polar surface area (TPSA) is 58.6 Å².